The number of nitrogens with one attached hydrogen (secondary N) is 1. The Morgan fingerprint density at radius 1 is 1.29 bits per heavy atom. The lowest BCUT2D eigenvalue weighted by molar-refractivity contribution is 0.106. The third kappa shape index (κ3) is 6.75. The number of hydrogen-bond acceptors (Lipinski definition) is 3. The van der Waals surface area contributed by atoms with E-state index in [9.17, 15) is 0 Å². The van der Waals surface area contributed by atoms with Crippen molar-refractivity contribution in [2.45, 2.75) is 31.8 Å². The van der Waals surface area contributed by atoms with Crippen LogP contribution in [0.25, 0.3) is 0 Å². The molecule has 1 aromatic rings. The van der Waals surface area contributed by atoms with Crippen molar-refractivity contribution >= 4 is 41.5 Å². The molecule has 2 aliphatic rings. The van der Waals surface area contributed by atoms with Crippen molar-refractivity contribution in [1.82, 2.24) is 15.1 Å². The molecular weight excluding hydrogens is 487 g/mol. The molecule has 28 heavy (non-hydrogen) atoms. The molecule has 2 heterocycles. The molecule has 0 spiro atoms. The van der Waals surface area contributed by atoms with E-state index in [1.54, 1.807) is 7.11 Å². The van der Waals surface area contributed by atoms with E-state index in [2.05, 4.69) is 26.2 Å². The van der Waals surface area contributed by atoms with Crippen LogP contribution in [0.3, 0.4) is 0 Å². The van der Waals surface area contributed by atoms with Gasteiger partial charge >= 0.3 is 0 Å². The van der Waals surface area contributed by atoms with Gasteiger partial charge in [-0.25, -0.2) is 0 Å². The van der Waals surface area contributed by atoms with Crippen molar-refractivity contribution in [3.8, 4) is 0 Å². The largest absolute Gasteiger partial charge is 0.375 e. The molecule has 2 saturated heterocycles. The second kappa shape index (κ2) is 12.2. The maximum atomic E-state index is 6.12. The molecule has 0 saturated carbocycles. The number of methoxy groups -OCH3 is 1. The molecule has 5 nitrogen and oxygen atoms in total. The lowest BCUT2D eigenvalue weighted by Crippen LogP contribution is -2.42. The summed E-state index contributed by atoms with van der Waals surface area (Å²) in [5, 5.41) is 4.23. The van der Waals surface area contributed by atoms with Crippen LogP contribution in [0.2, 0.25) is 5.02 Å². The van der Waals surface area contributed by atoms with E-state index in [1.165, 1.54) is 45.3 Å². The summed E-state index contributed by atoms with van der Waals surface area (Å²) in [6, 6.07) is 7.86. The standard InChI is InChI=1S/C21H33ClN4O.HI/c1-23-21(24-14-20(27-2)18-7-6-8-19(22)13-18)26-12-9-17(16-26)15-25-10-4-3-5-11-25;/h6-8,13,17,20H,3-5,9-12,14-16H2,1-2H3,(H,23,24);1H. The van der Waals surface area contributed by atoms with E-state index >= 15 is 0 Å². The molecule has 158 valence electrons. The smallest absolute Gasteiger partial charge is 0.193 e. The van der Waals surface area contributed by atoms with E-state index in [4.69, 9.17) is 16.3 Å². The Hall–Kier alpha value is -0.570. The van der Waals surface area contributed by atoms with Crippen LogP contribution in [-0.2, 0) is 4.74 Å². The Morgan fingerprint density at radius 2 is 2.07 bits per heavy atom. The van der Waals surface area contributed by atoms with Gasteiger partial charge in [0.1, 0.15) is 0 Å². The second-order valence-corrected chi connectivity index (χ2v) is 8.11. The van der Waals surface area contributed by atoms with Gasteiger partial charge < -0.3 is 19.9 Å². The summed E-state index contributed by atoms with van der Waals surface area (Å²) in [5.74, 6) is 1.72. The summed E-state index contributed by atoms with van der Waals surface area (Å²) in [6.45, 7) is 6.63. The number of rotatable bonds is 6. The summed E-state index contributed by atoms with van der Waals surface area (Å²) in [7, 11) is 3.60. The third-order valence-electron chi connectivity index (χ3n) is 5.71. The maximum absolute atomic E-state index is 6.12. The summed E-state index contributed by atoms with van der Waals surface area (Å²) >= 11 is 6.12. The highest BCUT2D eigenvalue weighted by atomic mass is 127. The molecule has 0 amide bonds. The molecule has 7 heteroatoms. The number of hydrogen-bond donors (Lipinski definition) is 1. The van der Waals surface area contributed by atoms with Crippen LogP contribution in [0, 0.1) is 5.92 Å². The van der Waals surface area contributed by atoms with Crippen molar-refractivity contribution < 1.29 is 4.74 Å². The predicted octanol–water partition coefficient (Wildman–Crippen LogP) is 4.03. The quantitative estimate of drug-likeness (QED) is 0.349. The SMILES string of the molecule is CN=C(NCC(OC)c1cccc(Cl)c1)N1CCC(CN2CCCCC2)C1.I. The van der Waals surface area contributed by atoms with Gasteiger partial charge in [-0.2, -0.15) is 0 Å². The lowest BCUT2D eigenvalue weighted by atomic mass is 10.1. The van der Waals surface area contributed by atoms with Crippen molar-refractivity contribution in [3.63, 3.8) is 0 Å². The number of likely N-dealkylation sites (tertiary alicyclic amines) is 2. The third-order valence-corrected chi connectivity index (χ3v) is 5.95. The first-order valence-corrected chi connectivity index (χ1v) is 10.5. The fourth-order valence-electron chi connectivity index (χ4n) is 4.24. The zero-order valence-electron chi connectivity index (χ0n) is 17.1. The highest BCUT2D eigenvalue weighted by Gasteiger charge is 2.27. The number of halogens is 2. The zero-order chi connectivity index (χ0) is 19.1. The van der Waals surface area contributed by atoms with Crippen LogP contribution < -0.4 is 5.32 Å². The minimum Gasteiger partial charge on any atom is -0.375 e. The number of benzene rings is 1. The van der Waals surface area contributed by atoms with Gasteiger partial charge in [-0.3, -0.25) is 4.99 Å². The van der Waals surface area contributed by atoms with Gasteiger partial charge in [0.05, 0.1) is 6.10 Å². The first-order valence-electron chi connectivity index (χ1n) is 10.2. The first-order chi connectivity index (χ1) is 13.2. The number of piperidine rings is 1. The molecule has 2 aliphatic heterocycles. The van der Waals surface area contributed by atoms with Gasteiger partial charge in [0.2, 0.25) is 0 Å². The number of nitrogens with zero attached hydrogens (tertiary/aromatic N) is 3. The average Bonchev–Trinajstić information content (AvgIpc) is 3.14. The van der Waals surface area contributed by atoms with Gasteiger partial charge in [-0.1, -0.05) is 30.2 Å². The van der Waals surface area contributed by atoms with E-state index < -0.39 is 0 Å². The van der Waals surface area contributed by atoms with E-state index in [-0.39, 0.29) is 30.1 Å². The Bertz CT molecular complexity index is 624. The summed E-state index contributed by atoms with van der Waals surface area (Å²) in [4.78, 5) is 9.54. The van der Waals surface area contributed by atoms with Crippen molar-refractivity contribution in [3.05, 3.63) is 34.9 Å². The monoisotopic (exact) mass is 520 g/mol. The molecule has 0 aliphatic carbocycles. The fraction of sp³-hybridized carbons (Fsp3) is 0.667. The average molecular weight is 521 g/mol. The molecule has 0 aromatic heterocycles. The van der Waals surface area contributed by atoms with Crippen molar-refractivity contribution in [1.29, 1.82) is 0 Å². The van der Waals surface area contributed by atoms with E-state index in [0.29, 0.717) is 6.54 Å². The highest BCUT2D eigenvalue weighted by molar-refractivity contribution is 14.0. The molecule has 1 aromatic carbocycles. The van der Waals surface area contributed by atoms with Crippen LogP contribution in [0.1, 0.15) is 37.4 Å². The molecule has 3 rings (SSSR count). The van der Waals surface area contributed by atoms with Crippen molar-refractivity contribution in [2.24, 2.45) is 10.9 Å². The van der Waals surface area contributed by atoms with Gasteiger partial charge in [-0.05, 0) is 56.0 Å². The van der Waals surface area contributed by atoms with Gasteiger partial charge in [0.15, 0.2) is 5.96 Å². The topological polar surface area (TPSA) is 40.1 Å². The molecule has 0 bridgehead atoms. The fourth-order valence-corrected chi connectivity index (χ4v) is 4.44. The summed E-state index contributed by atoms with van der Waals surface area (Å²) in [5.41, 5.74) is 1.08. The van der Waals surface area contributed by atoms with E-state index in [0.717, 1.165) is 35.6 Å². The van der Waals surface area contributed by atoms with Crippen LogP contribution in [0.4, 0.5) is 0 Å². The molecule has 2 atom stereocenters. The molecule has 2 fully saturated rings. The highest BCUT2D eigenvalue weighted by Crippen LogP contribution is 2.22. The minimum atomic E-state index is -0.0489. The Labute approximate surface area is 191 Å². The number of aliphatic imine (C=N–C) groups is 1. The molecule has 2 unspecified atom stereocenters. The van der Waals surface area contributed by atoms with Crippen LogP contribution >= 0.6 is 35.6 Å². The summed E-state index contributed by atoms with van der Waals surface area (Å²) < 4.78 is 5.67. The minimum absolute atomic E-state index is 0. The van der Waals surface area contributed by atoms with E-state index in [1.807, 2.05) is 25.2 Å². The molecule has 1 N–H and O–H groups in total. The Kier molecular flexibility index (Phi) is 10.3. The first kappa shape index (κ1) is 23.7. The van der Waals surface area contributed by atoms with Crippen LogP contribution in [0.5, 0.6) is 0 Å². The second-order valence-electron chi connectivity index (χ2n) is 7.67. The Balaban J connectivity index is 0.00000280. The number of guanidine groups is 1. The van der Waals surface area contributed by atoms with Gasteiger partial charge in [0.25, 0.3) is 0 Å². The zero-order valence-corrected chi connectivity index (χ0v) is 20.2. The normalized spacial score (nSPS) is 22.0. The molecule has 0 radical (unpaired) electrons. The van der Waals surface area contributed by atoms with Gasteiger partial charge in [-0.15, -0.1) is 24.0 Å². The summed E-state index contributed by atoms with van der Waals surface area (Å²) in [6.07, 6.45) is 5.33. The Morgan fingerprint density at radius 3 is 2.75 bits per heavy atom. The number of ether oxygens (including phenoxy) is 1. The van der Waals surface area contributed by atoms with Crippen molar-refractivity contribution in [2.75, 3.05) is 53.4 Å². The van der Waals surface area contributed by atoms with Gasteiger partial charge in [0, 0.05) is 45.4 Å². The lowest BCUT2D eigenvalue weighted by Gasteiger charge is -2.29. The van der Waals surface area contributed by atoms with Crippen LogP contribution in [-0.4, -0.2) is 69.2 Å². The predicted molar refractivity (Wildman–Crippen MR) is 128 cm³/mol. The molecular formula is C21H34ClIN4O. The van der Waals surface area contributed by atoms with Crippen LogP contribution in [0.15, 0.2) is 29.3 Å². The maximum Gasteiger partial charge on any atom is 0.193 e.